The molecule has 1 aromatic rings. The molecule has 0 saturated carbocycles. The van der Waals surface area contributed by atoms with Crippen molar-refractivity contribution in [3.05, 3.63) is 23.8 Å². The van der Waals surface area contributed by atoms with Crippen molar-refractivity contribution in [3.8, 4) is 5.75 Å². The summed E-state index contributed by atoms with van der Waals surface area (Å²) in [7, 11) is -3.52. The summed E-state index contributed by atoms with van der Waals surface area (Å²) in [4.78, 5) is 11.5. The average molecular weight is 314 g/mol. The lowest BCUT2D eigenvalue weighted by molar-refractivity contribution is -0.122. The lowest BCUT2D eigenvalue weighted by Crippen LogP contribution is -2.30. The summed E-state index contributed by atoms with van der Waals surface area (Å²) in [6, 6.07) is 4.37. The molecular formula is C14H22N2O4S. The molecule has 0 bridgehead atoms. The van der Waals surface area contributed by atoms with E-state index in [4.69, 9.17) is 4.74 Å². The van der Waals surface area contributed by atoms with Crippen LogP contribution in [-0.4, -0.2) is 33.5 Å². The van der Waals surface area contributed by atoms with Gasteiger partial charge in [-0.15, -0.1) is 0 Å². The van der Waals surface area contributed by atoms with Gasteiger partial charge >= 0.3 is 0 Å². The topological polar surface area (TPSA) is 84.5 Å². The number of hydrogen-bond acceptors (Lipinski definition) is 4. The van der Waals surface area contributed by atoms with Crippen LogP contribution in [0.1, 0.15) is 26.3 Å². The smallest absolute Gasteiger partial charge is 0.257 e. The molecular weight excluding hydrogens is 292 g/mol. The number of aryl methyl sites for hydroxylation is 1. The van der Waals surface area contributed by atoms with Crippen LogP contribution in [0, 0.1) is 6.92 Å². The molecule has 2 N–H and O–H groups in total. The molecule has 21 heavy (non-hydrogen) atoms. The third-order valence-corrected chi connectivity index (χ3v) is 4.24. The molecule has 0 radical (unpaired) electrons. The number of amides is 1. The highest BCUT2D eigenvalue weighted by Gasteiger charge is 2.16. The number of rotatable bonds is 7. The zero-order chi connectivity index (χ0) is 16.0. The minimum Gasteiger partial charge on any atom is -0.484 e. The Morgan fingerprint density at radius 2 is 2.00 bits per heavy atom. The molecule has 0 atom stereocenters. The van der Waals surface area contributed by atoms with Gasteiger partial charge in [0.25, 0.3) is 5.91 Å². The summed E-state index contributed by atoms with van der Waals surface area (Å²) in [5, 5.41) is 2.62. The van der Waals surface area contributed by atoms with Crippen molar-refractivity contribution in [1.29, 1.82) is 0 Å². The number of hydrogen-bond donors (Lipinski definition) is 2. The second-order valence-electron chi connectivity index (χ2n) is 4.95. The zero-order valence-electron chi connectivity index (χ0n) is 12.8. The van der Waals surface area contributed by atoms with Crippen LogP contribution < -0.4 is 14.8 Å². The van der Waals surface area contributed by atoms with E-state index in [2.05, 4.69) is 10.0 Å². The molecule has 0 fully saturated rings. The summed E-state index contributed by atoms with van der Waals surface area (Å²) in [5.41, 5.74) is 0.658. The lowest BCUT2D eigenvalue weighted by atomic mass is 10.2. The monoisotopic (exact) mass is 314 g/mol. The highest BCUT2D eigenvalue weighted by Crippen LogP contribution is 2.21. The van der Waals surface area contributed by atoms with Gasteiger partial charge < -0.3 is 10.1 Å². The predicted octanol–water partition coefficient (Wildman–Crippen LogP) is 1.20. The van der Waals surface area contributed by atoms with Gasteiger partial charge in [0.05, 0.1) is 4.90 Å². The minimum atomic E-state index is -3.52. The molecule has 0 unspecified atom stereocenters. The van der Waals surface area contributed by atoms with Crippen LogP contribution in [0.25, 0.3) is 0 Å². The maximum Gasteiger partial charge on any atom is 0.257 e. The third kappa shape index (κ3) is 5.35. The molecule has 0 saturated heterocycles. The van der Waals surface area contributed by atoms with E-state index in [1.54, 1.807) is 26.8 Å². The molecule has 0 heterocycles. The predicted molar refractivity (Wildman–Crippen MR) is 80.8 cm³/mol. The Labute approximate surface area is 125 Å². The van der Waals surface area contributed by atoms with Gasteiger partial charge in [-0.1, -0.05) is 0 Å². The SMILES string of the molecule is CCNC(=O)COc1ccc(S(=O)(=O)NC(C)C)cc1C. The number of benzene rings is 1. The fourth-order valence-electron chi connectivity index (χ4n) is 1.72. The fourth-order valence-corrected chi connectivity index (χ4v) is 3.06. The molecule has 1 amide bonds. The molecule has 0 aromatic heterocycles. The Bertz CT molecular complexity index is 597. The summed E-state index contributed by atoms with van der Waals surface area (Å²) in [6.07, 6.45) is 0. The van der Waals surface area contributed by atoms with Gasteiger partial charge in [0.15, 0.2) is 6.61 Å². The number of carbonyl (C=O) groups excluding carboxylic acids is 1. The molecule has 6 nitrogen and oxygen atoms in total. The maximum absolute atomic E-state index is 12.0. The first kappa shape index (κ1) is 17.5. The van der Waals surface area contributed by atoms with E-state index in [9.17, 15) is 13.2 Å². The normalized spacial score (nSPS) is 11.5. The van der Waals surface area contributed by atoms with E-state index in [1.165, 1.54) is 12.1 Å². The standard InChI is InChI=1S/C14H22N2O4S/c1-5-15-14(17)9-20-13-7-6-12(8-11(13)4)21(18,19)16-10(2)3/h6-8,10,16H,5,9H2,1-4H3,(H,15,17). The quantitative estimate of drug-likeness (QED) is 0.792. The maximum atomic E-state index is 12.0. The summed E-state index contributed by atoms with van der Waals surface area (Å²) in [6.45, 7) is 7.53. The average Bonchev–Trinajstić information content (AvgIpc) is 2.36. The number of likely N-dealkylation sites (N-methyl/N-ethyl adjacent to an activating group) is 1. The molecule has 0 spiro atoms. The number of sulfonamides is 1. The van der Waals surface area contributed by atoms with Gasteiger partial charge in [-0.05, 0) is 51.5 Å². The largest absolute Gasteiger partial charge is 0.484 e. The Hall–Kier alpha value is -1.60. The Morgan fingerprint density at radius 3 is 2.52 bits per heavy atom. The Morgan fingerprint density at radius 1 is 1.33 bits per heavy atom. The number of nitrogens with one attached hydrogen (secondary N) is 2. The van der Waals surface area contributed by atoms with E-state index in [-0.39, 0.29) is 23.5 Å². The lowest BCUT2D eigenvalue weighted by Gasteiger charge is -2.12. The van der Waals surface area contributed by atoms with Gasteiger partial charge in [0.1, 0.15) is 5.75 Å². The second kappa shape index (κ2) is 7.42. The van der Waals surface area contributed by atoms with Crippen molar-refractivity contribution in [2.24, 2.45) is 0 Å². The fraction of sp³-hybridized carbons (Fsp3) is 0.500. The van der Waals surface area contributed by atoms with Crippen molar-refractivity contribution < 1.29 is 17.9 Å². The van der Waals surface area contributed by atoms with Gasteiger partial charge in [-0.2, -0.15) is 0 Å². The van der Waals surface area contributed by atoms with Crippen molar-refractivity contribution in [1.82, 2.24) is 10.0 Å². The molecule has 7 heteroatoms. The summed E-state index contributed by atoms with van der Waals surface area (Å²) < 4.78 is 32.0. The molecule has 1 rings (SSSR count). The van der Waals surface area contributed by atoms with Gasteiger partial charge in [0, 0.05) is 12.6 Å². The van der Waals surface area contributed by atoms with Crippen LogP contribution >= 0.6 is 0 Å². The van der Waals surface area contributed by atoms with E-state index in [1.807, 2.05) is 6.92 Å². The molecule has 0 aliphatic heterocycles. The number of carbonyl (C=O) groups is 1. The van der Waals surface area contributed by atoms with E-state index < -0.39 is 10.0 Å². The van der Waals surface area contributed by atoms with E-state index in [0.29, 0.717) is 17.9 Å². The molecule has 1 aromatic carbocycles. The van der Waals surface area contributed by atoms with Crippen molar-refractivity contribution >= 4 is 15.9 Å². The Kier molecular flexibility index (Phi) is 6.17. The molecule has 118 valence electrons. The number of ether oxygens (including phenoxy) is 1. The van der Waals surface area contributed by atoms with Crippen LogP contribution in [-0.2, 0) is 14.8 Å². The second-order valence-corrected chi connectivity index (χ2v) is 6.66. The van der Waals surface area contributed by atoms with Gasteiger partial charge in [-0.25, -0.2) is 13.1 Å². The zero-order valence-corrected chi connectivity index (χ0v) is 13.6. The summed E-state index contributed by atoms with van der Waals surface area (Å²) in [5.74, 6) is 0.278. The van der Waals surface area contributed by atoms with Crippen LogP contribution in [0.4, 0.5) is 0 Å². The highest BCUT2D eigenvalue weighted by molar-refractivity contribution is 7.89. The first-order chi connectivity index (χ1) is 9.76. The van der Waals surface area contributed by atoms with E-state index >= 15 is 0 Å². The highest BCUT2D eigenvalue weighted by atomic mass is 32.2. The van der Waals surface area contributed by atoms with Crippen LogP contribution in [0.15, 0.2) is 23.1 Å². The van der Waals surface area contributed by atoms with Crippen LogP contribution in [0.3, 0.4) is 0 Å². The van der Waals surface area contributed by atoms with Crippen molar-refractivity contribution in [2.75, 3.05) is 13.2 Å². The van der Waals surface area contributed by atoms with Crippen LogP contribution in [0.2, 0.25) is 0 Å². The first-order valence-electron chi connectivity index (χ1n) is 6.78. The van der Waals surface area contributed by atoms with Gasteiger partial charge in [-0.3, -0.25) is 4.79 Å². The third-order valence-electron chi connectivity index (χ3n) is 2.58. The molecule has 0 aliphatic carbocycles. The minimum absolute atomic E-state index is 0.0922. The van der Waals surface area contributed by atoms with Crippen molar-refractivity contribution in [2.45, 2.75) is 38.6 Å². The molecule has 0 aliphatic rings. The van der Waals surface area contributed by atoms with Crippen LogP contribution in [0.5, 0.6) is 5.75 Å². The summed E-state index contributed by atoms with van der Waals surface area (Å²) >= 11 is 0. The first-order valence-corrected chi connectivity index (χ1v) is 8.27. The Balaban J connectivity index is 2.83. The van der Waals surface area contributed by atoms with E-state index in [0.717, 1.165) is 0 Å². The van der Waals surface area contributed by atoms with Crippen molar-refractivity contribution in [3.63, 3.8) is 0 Å². The van der Waals surface area contributed by atoms with Gasteiger partial charge in [0.2, 0.25) is 10.0 Å².